The molecule has 0 saturated carbocycles. The smallest absolute Gasteiger partial charge is 0.0195 e. The second-order valence-electron chi connectivity index (χ2n) is 5.91. The molecule has 1 saturated heterocycles. The second kappa shape index (κ2) is 8.10. The number of piperidine rings is 1. The predicted octanol–water partition coefficient (Wildman–Crippen LogP) is 3.28. The average Bonchev–Trinajstić information content (AvgIpc) is 2.29. The van der Waals surface area contributed by atoms with E-state index in [-0.39, 0.29) is 0 Å². The summed E-state index contributed by atoms with van der Waals surface area (Å²) in [7, 11) is 0. The van der Waals surface area contributed by atoms with Crippen molar-refractivity contribution in [1.82, 2.24) is 10.2 Å². The Morgan fingerprint density at radius 1 is 1.24 bits per heavy atom. The first-order valence-corrected chi connectivity index (χ1v) is 7.64. The number of nitrogens with one attached hydrogen (secondary N) is 1. The van der Waals surface area contributed by atoms with Crippen LogP contribution < -0.4 is 5.32 Å². The summed E-state index contributed by atoms with van der Waals surface area (Å²) in [6, 6.07) is 1.48. The van der Waals surface area contributed by atoms with E-state index >= 15 is 0 Å². The summed E-state index contributed by atoms with van der Waals surface area (Å²) in [5.41, 5.74) is 0. The third-order valence-corrected chi connectivity index (χ3v) is 4.05. The summed E-state index contributed by atoms with van der Waals surface area (Å²) in [4.78, 5) is 2.70. The third kappa shape index (κ3) is 5.39. The van der Waals surface area contributed by atoms with E-state index in [2.05, 4.69) is 37.9 Å². The molecule has 0 radical (unpaired) electrons. The summed E-state index contributed by atoms with van der Waals surface area (Å²) in [6.45, 7) is 13.1. The van der Waals surface area contributed by atoms with Crippen LogP contribution in [0.25, 0.3) is 0 Å². The van der Waals surface area contributed by atoms with E-state index in [1.165, 1.54) is 51.7 Å². The summed E-state index contributed by atoms with van der Waals surface area (Å²) < 4.78 is 0. The van der Waals surface area contributed by atoms with Crippen LogP contribution in [0, 0.1) is 5.92 Å². The fraction of sp³-hybridized carbons (Fsp3) is 1.00. The van der Waals surface area contributed by atoms with Crippen molar-refractivity contribution in [1.29, 1.82) is 0 Å². The third-order valence-electron chi connectivity index (χ3n) is 4.05. The molecular weight excluding hydrogens is 208 g/mol. The molecule has 3 atom stereocenters. The minimum absolute atomic E-state index is 0.704. The molecule has 0 amide bonds. The van der Waals surface area contributed by atoms with Crippen molar-refractivity contribution >= 4 is 0 Å². The lowest BCUT2D eigenvalue weighted by atomic mass is 9.93. The molecule has 0 aliphatic carbocycles. The van der Waals surface area contributed by atoms with Gasteiger partial charge in [0.25, 0.3) is 0 Å². The van der Waals surface area contributed by atoms with Crippen molar-refractivity contribution < 1.29 is 0 Å². The molecule has 0 bridgehead atoms. The van der Waals surface area contributed by atoms with Gasteiger partial charge in [-0.3, -0.25) is 4.90 Å². The molecule has 2 heteroatoms. The lowest BCUT2D eigenvalue weighted by Crippen LogP contribution is -2.48. The van der Waals surface area contributed by atoms with Crippen LogP contribution in [0.1, 0.15) is 59.8 Å². The molecule has 1 heterocycles. The van der Waals surface area contributed by atoms with Crippen molar-refractivity contribution in [3.8, 4) is 0 Å². The van der Waals surface area contributed by atoms with Crippen LogP contribution in [-0.2, 0) is 0 Å². The van der Waals surface area contributed by atoms with Gasteiger partial charge in [-0.15, -0.1) is 0 Å². The average molecular weight is 240 g/mol. The number of rotatable bonds is 7. The molecule has 1 aliphatic heterocycles. The lowest BCUT2D eigenvalue weighted by Gasteiger charge is -2.38. The highest BCUT2D eigenvalue weighted by molar-refractivity contribution is 4.81. The van der Waals surface area contributed by atoms with Gasteiger partial charge in [-0.2, -0.15) is 0 Å². The Labute approximate surface area is 108 Å². The van der Waals surface area contributed by atoms with Crippen LogP contribution in [0.5, 0.6) is 0 Å². The Morgan fingerprint density at radius 3 is 2.59 bits per heavy atom. The zero-order chi connectivity index (χ0) is 12.7. The molecular formula is C15H32N2. The van der Waals surface area contributed by atoms with Crippen LogP contribution in [0.2, 0.25) is 0 Å². The predicted molar refractivity (Wildman–Crippen MR) is 76.4 cm³/mol. The van der Waals surface area contributed by atoms with E-state index in [4.69, 9.17) is 0 Å². The van der Waals surface area contributed by atoms with Gasteiger partial charge in [0.15, 0.2) is 0 Å². The fourth-order valence-electron chi connectivity index (χ4n) is 2.96. The van der Waals surface area contributed by atoms with Crippen molar-refractivity contribution in [2.75, 3.05) is 19.6 Å². The first kappa shape index (κ1) is 15.0. The van der Waals surface area contributed by atoms with Gasteiger partial charge < -0.3 is 5.32 Å². The first-order chi connectivity index (χ1) is 8.17. The maximum absolute atomic E-state index is 3.71. The maximum atomic E-state index is 3.71. The lowest BCUT2D eigenvalue weighted by molar-refractivity contribution is 0.115. The number of nitrogens with zero attached hydrogens (tertiary/aromatic N) is 1. The Hall–Kier alpha value is -0.0800. The molecule has 1 aliphatic rings. The maximum Gasteiger partial charge on any atom is 0.0195 e. The van der Waals surface area contributed by atoms with E-state index in [1.54, 1.807) is 0 Å². The number of hydrogen-bond donors (Lipinski definition) is 1. The highest BCUT2D eigenvalue weighted by Crippen LogP contribution is 2.22. The quantitative estimate of drug-likeness (QED) is 0.735. The molecule has 2 nitrogen and oxygen atoms in total. The summed E-state index contributed by atoms with van der Waals surface area (Å²) in [5, 5.41) is 3.71. The molecule has 0 spiro atoms. The SMILES string of the molecule is CCCNC(CCC)CN1CCC(C)CC1C. The molecule has 0 aromatic rings. The fourth-order valence-corrected chi connectivity index (χ4v) is 2.96. The Kier molecular flexibility index (Phi) is 7.14. The van der Waals surface area contributed by atoms with Crippen LogP contribution in [-0.4, -0.2) is 36.6 Å². The van der Waals surface area contributed by atoms with Crippen LogP contribution in [0.15, 0.2) is 0 Å². The monoisotopic (exact) mass is 240 g/mol. The highest BCUT2D eigenvalue weighted by atomic mass is 15.2. The summed E-state index contributed by atoms with van der Waals surface area (Å²) in [6.07, 6.45) is 6.62. The Balaban J connectivity index is 2.37. The standard InChI is InChI=1S/C15H32N2/c1-5-7-15(16-9-6-2)12-17-10-8-13(3)11-14(17)4/h13-16H,5-12H2,1-4H3. The normalized spacial score (nSPS) is 28.2. The topological polar surface area (TPSA) is 15.3 Å². The van der Waals surface area contributed by atoms with Crippen LogP contribution in [0.4, 0.5) is 0 Å². The van der Waals surface area contributed by atoms with Gasteiger partial charge in [0.1, 0.15) is 0 Å². The molecule has 1 fully saturated rings. The second-order valence-corrected chi connectivity index (χ2v) is 5.91. The van der Waals surface area contributed by atoms with E-state index in [0.717, 1.165) is 12.0 Å². The number of hydrogen-bond acceptors (Lipinski definition) is 2. The molecule has 0 aromatic heterocycles. The van der Waals surface area contributed by atoms with Crippen molar-refractivity contribution in [2.45, 2.75) is 71.9 Å². The zero-order valence-electron chi connectivity index (χ0n) is 12.3. The van der Waals surface area contributed by atoms with Gasteiger partial charge in [-0.25, -0.2) is 0 Å². The molecule has 102 valence electrons. The largest absolute Gasteiger partial charge is 0.313 e. The Morgan fingerprint density at radius 2 is 2.00 bits per heavy atom. The van der Waals surface area contributed by atoms with Crippen molar-refractivity contribution in [3.05, 3.63) is 0 Å². The molecule has 3 unspecified atom stereocenters. The molecule has 1 N–H and O–H groups in total. The zero-order valence-corrected chi connectivity index (χ0v) is 12.3. The van der Waals surface area contributed by atoms with E-state index in [9.17, 15) is 0 Å². The summed E-state index contributed by atoms with van der Waals surface area (Å²) >= 11 is 0. The van der Waals surface area contributed by atoms with Crippen molar-refractivity contribution in [2.24, 2.45) is 5.92 Å². The van der Waals surface area contributed by atoms with Gasteiger partial charge in [-0.1, -0.05) is 27.2 Å². The van der Waals surface area contributed by atoms with Crippen molar-refractivity contribution in [3.63, 3.8) is 0 Å². The molecule has 17 heavy (non-hydrogen) atoms. The van der Waals surface area contributed by atoms with Gasteiger partial charge in [0.05, 0.1) is 0 Å². The Bertz CT molecular complexity index is 193. The van der Waals surface area contributed by atoms with E-state index < -0.39 is 0 Å². The minimum atomic E-state index is 0.704. The molecule has 1 rings (SSSR count). The van der Waals surface area contributed by atoms with Crippen LogP contribution >= 0.6 is 0 Å². The van der Waals surface area contributed by atoms with Gasteiger partial charge in [0, 0.05) is 18.6 Å². The first-order valence-electron chi connectivity index (χ1n) is 7.64. The van der Waals surface area contributed by atoms with E-state index in [1.807, 2.05) is 0 Å². The summed E-state index contributed by atoms with van der Waals surface area (Å²) in [5.74, 6) is 0.925. The van der Waals surface area contributed by atoms with Gasteiger partial charge in [0.2, 0.25) is 0 Å². The van der Waals surface area contributed by atoms with E-state index in [0.29, 0.717) is 6.04 Å². The van der Waals surface area contributed by atoms with Crippen LogP contribution in [0.3, 0.4) is 0 Å². The van der Waals surface area contributed by atoms with Gasteiger partial charge >= 0.3 is 0 Å². The highest BCUT2D eigenvalue weighted by Gasteiger charge is 2.24. The number of likely N-dealkylation sites (tertiary alicyclic amines) is 1. The van der Waals surface area contributed by atoms with Gasteiger partial charge in [-0.05, 0) is 51.6 Å². The minimum Gasteiger partial charge on any atom is -0.313 e. The molecule has 0 aromatic carbocycles.